The number of nitrogens with one attached hydrogen (secondary N) is 1. The van der Waals surface area contributed by atoms with Crippen LogP contribution in [0.5, 0.6) is 5.75 Å². The van der Waals surface area contributed by atoms with Gasteiger partial charge in [0.05, 0.1) is 18.0 Å². The molecular weight excluding hydrogens is 316 g/mol. The molecule has 1 aromatic heterocycles. The Bertz CT molecular complexity index is 786. The van der Waals surface area contributed by atoms with Crippen molar-refractivity contribution in [1.29, 1.82) is 0 Å². The molecule has 6 nitrogen and oxygen atoms in total. The molecule has 6 heteroatoms. The van der Waals surface area contributed by atoms with Crippen LogP contribution in [0.3, 0.4) is 0 Å². The van der Waals surface area contributed by atoms with Gasteiger partial charge in [0.15, 0.2) is 5.69 Å². The summed E-state index contributed by atoms with van der Waals surface area (Å²) in [7, 11) is 5.71. The Labute approximate surface area is 148 Å². The summed E-state index contributed by atoms with van der Waals surface area (Å²) in [5, 5.41) is 8.50. The van der Waals surface area contributed by atoms with E-state index >= 15 is 0 Å². The highest BCUT2D eigenvalue weighted by Gasteiger charge is 2.37. The summed E-state index contributed by atoms with van der Waals surface area (Å²) in [6.07, 6.45) is 5.84. The predicted octanol–water partition coefficient (Wildman–Crippen LogP) is 2.33. The largest absolute Gasteiger partial charge is 0.496 e. The highest BCUT2D eigenvalue weighted by atomic mass is 16.5. The van der Waals surface area contributed by atoms with E-state index in [9.17, 15) is 4.79 Å². The zero-order chi connectivity index (χ0) is 17.6. The van der Waals surface area contributed by atoms with Gasteiger partial charge < -0.3 is 15.0 Å². The van der Waals surface area contributed by atoms with Crippen molar-refractivity contribution < 1.29 is 9.53 Å². The number of piperidine rings is 2. The lowest BCUT2D eigenvalue weighted by Crippen LogP contribution is -2.55. The number of hydrogen-bond acceptors (Lipinski definition) is 4. The van der Waals surface area contributed by atoms with Crippen LogP contribution >= 0.6 is 0 Å². The van der Waals surface area contributed by atoms with Crippen molar-refractivity contribution in [3.63, 3.8) is 0 Å². The van der Waals surface area contributed by atoms with Gasteiger partial charge >= 0.3 is 0 Å². The van der Waals surface area contributed by atoms with Gasteiger partial charge in [0.1, 0.15) is 5.75 Å². The average Bonchev–Trinajstić information content (AvgIpc) is 2.93. The standard InChI is InChI=1S/C19H26N4O2/c1-22-13-6-4-7-14(22)11-12(10-13)20-19(24)18-17-15(23(2)21-18)8-5-9-16(17)25-3/h5,8-9,12-14H,4,6-7,10-11H2,1-3H3,(H,20,24)/t12?,13-,14+. The fourth-order valence-electron chi connectivity index (χ4n) is 4.60. The summed E-state index contributed by atoms with van der Waals surface area (Å²) in [5.74, 6) is 0.596. The third-order valence-corrected chi connectivity index (χ3v) is 5.95. The lowest BCUT2D eigenvalue weighted by atomic mass is 9.82. The Morgan fingerprint density at radius 3 is 2.64 bits per heavy atom. The first-order valence-corrected chi connectivity index (χ1v) is 9.11. The van der Waals surface area contributed by atoms with E-state index in [4.69, 9.17) is 4.74 Å². The normalized spacial score (nSPS) is 26.6. The summed E-state index contributed by atoms with van der Waals surface area (Å²) in [6, 6.07) is 7.16. The van der Waals surface area contributed by atoms with Gasteiger partial charge in [0.2, 0.25) is 0 Å². The SMILES string of the molecule is COc1cccc2c1c(C(=O)NC1C[C@H]3CCC[C@@H](C1)N3C)nn2C. The molecule has 1 unspecified atom stereocenters. The second kappa shape index (κ2) is 6.33. The minimum absolute atomic E-state index is 0.0947. The number of hydrogen-bond donors (Lipinski definition) is 1. The summed E-state index contributed by atoms with van der Waals surface area (Å²) in [5.41, 5.74) is 1.36. The third kappa shape index (κ3) is 2.78. The molecule has 0 spiro atoms. The lowest BCUT2D eigenvalue weighted by Gasteiger charge is -2.47. The van der Waals surface area contributed by atoms with Gasteiger partial charge in [0.25, 0.3) is 5.91 Å². The van der Waals surface area contributed by atoms with Crippen LogP contribution in [0.2, 0.25) is 0 Å². The van der Waals surface area contributed by atoms with E-state index in [0.29, 0.717) is 23.5 Å². The van der Waals surface area contributed by atoms with Gasteiger partial charge in [0, 0.05) is 25.2 Å². The Hall–Kier alpha value is -2.08. The van der Waals surface area contributed by atoms with E-state index in [1.807, 2.05) is 25.2 Å². The molecule has 2 aliphatic heterocycles. The zero-order valence-electron chi connectivity index (χ0n) is 15.2. The van der Waals surface area contributed by atoms with E-state index in [0.717, 1.165) is 23.7 Å². The van der Waals surface area contributed by atoms with Gasteiger partial charge in [-0.05, 0) is 44.9 Å². The van der Waals surface area contributed by atoms with Crippen LogP contribution in [-0.4, -0.2) is 52.9 Å². The van der Waals surface area contributed by atoms with Crippen molar-refractivity contribution in [2.24, 2.45) is 7.05 Å². The molecule has 0 saturated carbocycles. The molecule has 0 radical (unpaired) electrons. The Kier molecular flexibility index (Phi) is 4.15. The number of aromatic nitrogens is 2. The first kappa shape index (κ1) is 16.4. The summed E-state index contributed by atoms with van der Waals surface area (Å²) in [4.78, 5) is 15.5. The summed E-state index contributed by atoms with van der Waals surface area (Å²) in [6.45, 7) is 0. The van der Waals surface area contributed by atoms with Crippen LogP contribution in [0.25, 0.3) is 10.9 Å². The Morgan fingerprint density at radius 2 is 1.96 bits per heavy atom. The number of methoxy groups -OCH3 is 1. The monoisotopic (exact) mass is 342 g/mol. The molecule has 1 aromatic carbocycles. The minimum Gasteiger partial charge on any atom is -0.496 e. The van der Waals surface area contributed by atoms with Crippen LogP contribution in [-0.2, 0) is 7.05 Å². The molecule has 1 amide bonds. The number of ether oxygens (including phenoxy) is 1. The van der Waals surface area contributed by atoms with Crippen molar-refractivity contribution in [2.45, 2.75) is 50.2 Å². The van der Waals surface area contributed by atoms with E-state index < -0.39 is 0 Å². The molecule has 25 heavy (non-hydrogen) atoms. The van der Waals surface area contributed by atoms with Gasteiger partial charge in [-0.15, -0.1) is 0 Å². The molecule has 0 aliphatic carbocycles. The number of carbonyl (C=O) groups is 1. The molecule has 3 atom stereocenters. The van der Waals surface area contributed by atoms with Crippen molar-refractivity contribution in [2.75, 3.05) is 14.2 Å². The van der Waals surface area contributed by atoms with E-state index in [1.54, 1.807) is 11.8 Å². The second-order valence-corrected chi connectivity index (χ2v) is 7.37. The highest BCUT2D eigenvalue weighted by Crippen LogP contribution is 2.33. The lowest BCUT2D eigenvalue weighted by molar-refractivity contribution is 0.0462. The molecule has 2 fully saturated rings. The first-order valence-electron chi connectivity index (χ1n) is 9.11. The number of carbonyl (C=O) groups excluding carboxylic acids is 1. The topological polar surface area (TPSA) is 59.4 Å². The van der Waals surface area contributed by atoms with Crippen LogP contribution in [0, 0.1) is 0 Å². The molecular formula is C19H26N4O2. The number of rotatable bonds is 3. The Balaban J connectivity index is 1.59. The molecule has 134 valence electrons. The van der Waals surface area contributed by atoms with E-state index in [-0.39, 0.29) is 11.9 Å². The van der Waals surface area contributed by atoms with Crippen molar-refractivity contribution in [3.8, 4) is 5.75 Å². The van der Waals surface area contributed by atoms with Gasteiger partial charge in [-0.2, -0.15) is 5.10 Å². The molecule has 2 saturated heterocycles. The number of aryl methyl sites for hydroxylation is 1. The van der Waals surface area contributed by atoms with Crippen LogP contribution in [0.4, 0.5) is 0 Å². The maximum absolute atomic E-state index is 13.0. The predicted molar refractivity (Wildman–Crippen MR) is 96.9 cm³/mol. The van der Waals surface area contributed by atoms with Crippen molar-refractivity contribution in [3.05, 3.63) is 23.9 Å². The number of fused-ring (bicyclic) bond motifs is 3. The van der Waals surface area contributed by atoms with E-state index in [1.165, 1.54) is 19.3 Å². The van der Waals surface area contributed by atoms with Crippen molar-refractivity contribution in [1.82, 2.24) is 20.0 Å². The summed E-state index contributed by atoms with van der Waals surface area (Å²) < 4.78 is 7.20. The van der Waals surface area contributed by atoms with Crippen LogP contribution in [0.1, 0.15) is 42.6 Å². The van der Waals surface area contributed by atoms with Crippen LogP contribution in [0.15, 0.2) is 18.2 Å². The third-order valence-electron chi connectivity index (χ3n) is 5.95. The minimum atomic E-state index is -0.0947. The fraction of sp³-hybridized carbons (Fsp3) is 0.579. The zero-order valence-corrected chi connectivity index (χ0v) is 15.2. The summed E-state index contributed by atoms with van der Waals surface area (Å²) >= 11 is 0. The molecule has 4 rings (SSSR count). The fourth-order valence-corrected chi connectivity index (χ4v) is 4.60. The first-order chi connectivity index (χ1) is 12.1. The molecule has 3 heterocycles. The number of amides is 1. The smallest absolute Gasteiger partial charge is 0.272 e. The van der Waals surface area contributed by atoms with Gasteiger partial charge in [-0.3, -0.25) is 9.48 Å². The van der Waals surface area contributed by atoms with Gasteiger partial charge in [-0.1, -0.05) is 12.5 Å². The van der Waals surface area contributed by atoms with Gasteiger partial charge in [-0.25, -0.2) is 0 Å². The van der Waals surface area contributed by atoms with Crippen molar-refractivity contribution >= 4 is 16.8 Å². The Morgan fingerprint density at radius 1 is 1.24 bits per heavy atom. The maximum atomic E-state index is 13.0. The molecule has 2 aliphatic rings. The highest BCUT2D eigenvalue weighted by molar-refractivity contribution is 6.07. The number of nitrogens with zero attached hydrogens (tertiary/aromatic N) is 3. The van der Waals surface area contributed by atoms with E-state index in [2.05, 4.69) is 22.4 Å². The second-order valence-electron chi connectivity index (χ2n) is 7.37. The molecule has 2 aromatic rings. The number of benzene rings is 1. The molecule has 2 bridgehead atoms. The quantitative estimate of drug-likeness (QED) is 0.930. The molecule has 1 N–H and O–H groups in total. The maximum Gasteiger partial charge on any atom is 0.272 e. The van der Waals surface area contributed by atoms with Crippen LogP contribution < -0.4 is 10.1 Å². The average molecular weight is 342 g/mol.